The number of ether oxygens (including phenoxy) is 1. The molecule has 1 aliphatic heterocycles. The first-order chi connectivity index (χ1) is 12.4. The van der Waals surface area contributed by atoms with Crippen LogP contribution in [0.3, 0.4) is 0 Å². The Morgan fingerprint density at radius 3 is 2.58 bits per heavy atom. The van der Waals surface area contributed by atoms with Crippen LogP contribution in [0.4, 0.5) is 13.2 Å². The lowest BCUT2D eigenvalue weighted by molar-refractivity contribution is -0.233. The van der Waals surface area contributed by atoms with Gasteiger partial charge in [-0.05, 0) is 25.0 Å². The minimum absolute atomic E-state index is 0.100. The average molecular weight is 366 g/mol. The smallest absolute Gasteiger partial charge is 0.416 e. The fourth-order valence-corrected chi connectivity index (χ4v) is 2.99. The molecule has 1 atom stereocenters. The van der Waals surface area contributed by atoms with Crippen molar-refractivity contribution in [2.24, 2.45) is 0 Å². The molecule has 1 amide bonds. The Kier molecular flexibility index (Phi) is 4.22. The van der Waals surface area contributed by atoms with E-state index >= 15 is 0 Å². The number of oxazole rings is 1. The van der Waals surface area contributed by atoms with Gasteiger partial charge in [-0.3, -0.25) is 4.79 Å². The van der Waals surface area contributed by atoms with Gasteiger partial charge in [-0.25, -0.2) is 4.98 Å². The van der Waals surface area contributed by atoms with E-state index in [4.69, 9.17) is 9.15 Å². The minimum Gasteiger partial charge on any atom is -0.440 e. The van der Waals surface area contributed by atoms with E-state index < -0.39 is 24.7 Å². The van der Waals surface area contributed by atoms with Gasteiger partial charge in [0.1, 0.15) is 5.76 Å². The van der Waals surface area contributed by atoms with Gasteiger partial charge in [-0.15, -0.1) is 0 Å². The van der Waals surface area contributed by atoms with Crippen molar-refractivity contribution in [1.82, 2.24) is 9.88 Å². The molecule has 1 saturated heterocycles. The van der Waals surface area contributed by atoms with E-state index in [1.54, 1.807) is 0 Å². The summed E-state index contributed by atoms with van der Waals surface area (Å²) in [5.74, 6) is 0.370. The second-order valence-corrected chi connectivity index (χ2v) is 6.52. The van der Waals surface area contributed by atoms with Crippen LogP contribution in [-0.2, 0) is 4.74 Å². The van der Waals surface area contributed by atoms with E-state index in [1.165, 1.54) is 0 Å². The lowest BCUT2D eigenvalue weighted by Gasteiger charge is -2.33. The summed E-state index contributed by atoms with van der Waals surface area (Å²) in [4.78, 5) is 18.3. The van der Waals surface area contributed by atoms with Gasteiger partial charge in [-0.1, -0.05) is 18.2 Å². The molecule has 5 nitrogen and oxygen atoms in total. The molecule has 2 aliphatic rings. The van der Waals surface area contributed by atoms with Crippen LogP contribution in [0.25, 0.3) is 11.5 Å². The zero-order valence-electron chi connectivity index (χ0n) is 13.8. The molecule has 1 aliphatic carbocycles. The van der Waals surface area contributed by atoms with Crippen molar-refractivity contribution in [2.75, 3.05) is 19.7 Å². The van der Waals surface area contributed by atoms with E-state index in [9.17, 15) is 18.0 Å². The minimum atomic E-state index is -4.50. The van der Waals surface area contributed by atoms with Crippen LogP contribution >= 0.6 is 0 Å². The number of hydrogen-bond acceptors (Lipinski definition) is 4. The van der Waals surface area contributed by atoms with Crippen LogP contribution < -0.4 is 0 Å². The number of carbonyl (C=O) groups excluding carboxylic acids is 1. The number of nitrogens with zero attached hydrogens (tertiary/aromatic N) is 2. The first-order valence-corrected chi connectivity index (χ1v) is 8.47. The molecule has 0 radical (unpaired) electrons. The Morgan fingerprint density at radius 1 is 1.19 bits per heavy atom. The average Bonchev–Trinajstić information content (AvgIpc) is 3.39. The zero-order valence-corrected chi connectivity index (χ0v) is 13.8. The third kappa shape index (κ3) is 3.33. The third-order valence-corrected chi connectivity index (χ3v) is 4.54. The van der Waals surface area contributed by atoms with Gasteiger partial charge in [0.2, 0.25) is 5.89 Å². The summed E-state index contributed by atoms with van der Waals surface area (Å²) in [7, 11) is 0. The predicted octanol–water partition coefficient (Wildman–Crippen LogP) is 3.62. The summed E-state index contributed by atoms with van der Waals surface area (Å²) >= 11 is 0. The number of halogens is 3. The quantitative estimate of drug-likeness (QED) is 0.833. The summed E-state index contributed by atoms with van der Waals surface area (Å²) in [6.45, 7) is -0.582. The molecule has 1 aromatic carbocycles. The van der Waals surface area contributed by atoms with Crippen molar-refractivity contribution in [1.29, 1.82) is 0 Å². The molecule has 2 aromatic rings. The van der Waals surface area contributed by atoms with E-state index in [0.717, 1.165) is 23.3 Å². The molecule has 0 spiro atoms. The van der Waals surface area contributed by atoms with Gasteiger partial charge < -0.3 is 14.1 Å². The Balaban J connectivity index is 1.62. The molecule has 1 unspecified atom stereocenters. The second kappa shape index (κ2) is 6.42. The van der Waals surface area contributed by atoms with Gasteiger partial charge in [0.15, 0.2) is 11.8 Å². The summed E-state index contributed by atoms with van der Waals surface area (Å²) in [6, 6.07) is 9.13. The van der Waals surface area contributed by atoms with Gasteiger partial charge in [-0.2, -0.15) is 13.2 Å². The number of carbonyl (C=O) groups is 1. The van der Waals surface area contributed by atoms with Crippen molar-refractivity contribution in [3.05, 3.63) is 41.8 Å². The largest absolute Gasteiger partial charge is 0.440 e. The monoisotopic (exact) mass is 366 g/mol. The Morgan fingerprint density at radius 2 is 1.92 bits per heavy atom. The maximum atomic E-state index is 12.9. The summed E-state index contributed by atoms with van der Waals surface area (Å²) in [6.07, 6.45) is -4.70. The van der Waals surface area contributed by atoms with Crippen molar-refractivity contribution < 1.29 is 27.1 Å². The number of amides is 1. The number of aromatic nitrogens is 1. The van der Waals surface area contributed by atoms with E-state index in [-0.39, 0.29) is 24.8 Å². The molecule has 8 heteroatoms. The normalized spacial score (nSPS) is 21.0. The molecule has 1 aromatic heterocycles. The number of rotatable bonds is 3. The zero-order chi connectivity index (χ0) is 18.3. The number of benzene rings is 1. The highest BCUT2D eigenvalue weighted by molar-refractivity contribution is 5.94. The standard InChI is InChI=1S/C18H17F3N2O3/c19-18(20,21)13-10-23(8-9-25-13)17(24)14-15(11-6-7-11)26-16(22-14)12-4-2-1-3-5-12/h1-5,11,13H,6-10H2. The van der Waals surface area contributed by atoms with Crippen molar-refractivity contribution in [3.63, 3.8) is 0 Å². The summed E-state index contributed by atoms with van der Waals surface area (Å²) in [5, 5.41) is 0. The second-order valence-electron chi connectivity index (χ2n) is 6.52. The highest BCUT2D eigenvalue weighted by Gasteiger charge is 2.45. The Labute approximate surface area is 147 Å². The molecule has 2 heterocycles. The molecule has 1 saturated carbocycles. The number of morpholine rings is 1. The van der Waals surface area contributed by atoms with Crippen LogP contribution in [0, 0.1) is 0 Å². The topological polar surface area (TPSA) is 55.6 Å². The number of hydrogen-bond donors (Lipinski definition) is 0. The summed E-state index contributed by atoms with van der Waals surface area (Å²) in [5.41, 5.74) is 0.845. The van der Waals surface area contributed by atoms with Crippen LogP contribution in [0.15, 0.2) is 34.7 Å². The first kappa shape index (κ1) is 17.1. The SMILES string of the molecule is O=C(c1nc(-c2ccccc2)oc1C1CC1)N1CCOC(C(F)(F)F)C1. The van der Waals surface area contributed by atoms with Crippen molar-refractivity contribution in [2.45, 2.75) is 31.0 Å². The van der Waals surface area contributed by atoms with E-state index in [1.807, 2.05) is 30.3 Å². The van der Waals surface area contributed by atoms with Gasteiger partial charge in [0.05, 0.1) is 13.2 Å². The third-order valence-electron chi connectivity index (χ3n) is 4.54. The maximum Gasteiger partial charge on any atom is 0.416 e. The van der Waals surface area contributed by atoms with Gasteiger partial charge in [0.25, 0.3) is 5.91 Å². The van der Waals surface area contributed by atoms with Crippen LogP contribution in [0.2, 0.25) is 0 Å². The predicted molar refractivity (Wildman–Crippen MR) is 85.6 cm³/mol. The lowest BCUT2D eigenvalue weighted by Crippen LogP contribution is -2.51. The summed E-state index contributed by atoms with van der Waals surface area (Å²) < 4.78 is 49.4. The van der Waals surface area contributed by atoms with E-state index in [0.29, 0.717) is 11.7 Å². The highest BCUT2D eigenvalue weighted by atomic mass is 19.4. The van der Waals surface area contributed by atoms with Gasteiger partial charge in [0, 0.05) is 18.0 Å². The van der Waals surface area contributed by atoms with Crippen molar-refractivity contribution in [3.8, 4) is 11.5 Å². The molecule has 0 N–H and O–H groups in total. The molecule has 0 bridgehead atoms. The molecular formula is C18H17F3N2O3. The maximum absolute atomic E-state index is 12.9. The molecule has 26 heavy (non-hydrogen) atoms. The molecule has 138 valence electrons. The fourth-order valence-electron chi connectivity index (χ4n) is 2.99. The molecule has 2 fully saturated rings. The van der Waals surface area contributed by atoms with Crippen molar-refractivity contribution >= 4 is 5.91 Å². The lowest BCUT2D eigenvalue weighted by atomic mass is 10.2. The Hall–Kier alpha value is -2.35. The molecular weight excluding hydrogens is 349 g/mol. The van der Waals surface area contributed by atoms with Crippen LogP contribution in [0.1, 0.15) is 35.0 Å². The highest BCUT2D eigenvalue weighted by Crippen LogP contribution is 2.43. The fraction of sp³-hybridized carbons (Fsp3) is 0.444. The molecule has 4 rings (SSSR count). The van der Waals surface area contributed by atoms with E-state index in [2.05, 4.69) is 4.98 Å². The van der Waals surface area contributed by atoms with Crippen LogP contribution in [0.5, 0.6) is 0 Å². The van der Waals surface area contributed by atoms with Gasteiger partial charge >= 0.3 is 6.18 Å². The number of alkyl halides is 3. The van der Waals surface area contributed by atoms with Crippen LogP contribution in [-0.4, -0.2) is 47.8 Å². The first-order valence-electron chi connectivity index (χ1n) is 8.47. The Bertz CT molecular complexity index is 800.